The van der Waals surface area contributed by atoms with Crippen LogP contribution in [0.1, 0.15) is 16.1 Å². The van der Waals surface area contributed by atoms with Crippen molar-refractivity contribution in [2.45, 2.75) is 6.42 Å². The number of carbonyl (C=O) groups is 2. The number of benzene rings is 1. The van der Waals surface area contributed by atoms with Crippen LogP contribution in [0.4, 0.5) is 0 Å². The monoisotopic (exact) mass is 304 g/mol. The van der Waals surface area contributed by atoms with E-state index in [0.717, 1.165) is 23.2 Å². The van der Waals surface area contributed by atoms with Gasteiger partial charge in [-0.1, -0.05) is 30.3 Å². The Hall–Kier alpha value is -1.91. The van der Waals surface area contributed by atoms with Gasteiger partial charge in [0.1, 0.15) is 0 Å². The molecule has 0 aliphatic rings. The molecule has 5 heteroatoms. The van der Waals surface area contributed by atoms with Crippen molar-refractivity contribution in [2.24, 2.45) is 0 Å². The number of aromatic amines is 1. The Morgan fingerprint density at radius 1 is 1.19 bits per heavy atom. The lowest BCUT2D eigenvalue weighted by Crippen LogP contribution is -2.17. The van der Waals surface area contributed by atoms with Gasteiger partial charge in [-0.25, -0.2) is 0 Å². The summed E-state index contributed by atoms with van der Waals surface area (Å²) in [6.07, 6.45) is 2.42. The topological polar surface area (TPSA) is 53.2 Å². The fourth-order valence-corrected chi connectivity index (χ4v) is 2.32. The number of H-pyrrole nitrogens is 1. The molecule has 0 atom stereocenters. The Labute approximate surface area is 128 Å². The molecule has 0 radical (unpaired) electrons. The third-order valence-electron chi connectivity index (χ3n) is 3.29. The summed E-state index contributed by atoms with van der Waals surface area (Å²) >= 11 is 5.33. The molecule has 0 bridgehead atoms. The molecule has 0 fully saturated rings. The zero-order valence-electron chi connectivity index (χ0n) is 12.0. The number of halogens is 1. The zero-order valence-corrected chi connectivity index (χ0v) is 12.8. The van der Waals surface area contributed by atoms with Crippen molar-refractivity contribution in [3.05, 3.63) is 47.8 Å². The number of nitrogens with zero attached hydrogens (tertiary/aromatic N) is 1. The fraction of sp³-hybridized carbons (Fsp3) is 0.250. The van der Waals surface area contributed by atoms with Gasteiger partial charge in [0.2, 0.25) is 0 Å². The van der Waals surface area contributed by atoms with E-state index in [1.54, 1.807) is 6.20 Å². The van der Waals surface area contributed by atoms with Gasteiger partial charge in [-0.2, -0.15) is 0 Å². The van der Waals surface area contributed by atoms with E-state index in [0.29, 0.717) is 6.42 Å². The zero-order chi connectivity index (χ0) is 15.4. The van der Waals surface area contributed by atoms with Crippen LogP contribution in [0.25, 0.3) is 11.1 Å². The van der Waals surface area contributed by atoms with Gasteiger partial charge in [0.05, 0.1) is 5.69 Å². The minimum atomic E-state index is -0.970. The number of aromatic nitrogens is 1. The SMILES string of the molecule is CN(C)CCc1c(-c2ccccc2)c[nH]c1C(=O)C(=O)Cl. The van der Waals surface area contributed by atoms with Gasteiger partial charge in [-0.05, 0) is 43.2 Å². The summed E-state index contributed by atoms with van der Waals surface area (Å²) in [5.74, 6) is -0.687. The van der Waals surface area contributed by atoms with E-state index < -0.39 is 11.0 Å². The largest absolute Gasteiger partial charge is 0.358 e. The minimum Gasteiger partial charge on any atom is -0.358 e. The number of nitrogens with one attached hydrogen (secondary N) is 1. The molecule has 1 aromatic carbocycles. The molecule has 110 valence electrons. The van der Waals surface area contributed by atoms with Gasteiger partial charge < -0.3 is 9.88 Å². The first kappa shape index (κ1) is 15.5. The summed E-state index contributed by atoms with van der Waals surface area (Å²) in [6, 6.07) is 9.75. The second-order valence-electron chi connectivity index (χ2n) is 5.08. The van der Waals surface area contributed by atoms with Crippen molar-refractivity contribution in [1.29, 1.82) is 0 Å². The molecule has 21 heavy (non-hydrogen) atoms. The summed E-state index contributed by atoms with van der Waals surface area (Å²) in [4.78, 5) is 28.0. The van der Waals surface area contributed by atoms with Crippen LogP contribution in [0.3, 0.4) is 0 Å². The van der Waals surface area contributed by atoms with Crippen LogP contribution in [0.2, 0.25) is 0 Å². The normalized spacial score (nSPS) is 10.9. The van der Waals surface area contributed by atoms with E-state index >= 15 is 0 Å². The Morgan fingerprint density at radius 3 is 2.43 bits per heavy atom. The molecule has 0 spiro atoms. The average molecular weight is 305 g/mol. The highest BCUT2D eigenvalue weighted by molar-refractivity contribution is 6.83. The van der Waals surface area contributed by atoms with E-state index in [4.69, 9.17) is 11.6 Å². The van der Waals surface area contributed by atoms with Gasteiger partial charge in [0.15, 0.2) is 0 Å². The second-order valence-corrected chi connectivity index (χ2v) is 5.42. The van der Waals surface area contributed by atoms with Crippen LogP contribution < -0.4 is 0 Å². The van der Waals surface area contributed by atoms with Crippen LogP contribution in [0.5, 0.6) is 0 Å². The van der Waals surface area contributed by atoms with E-state index in [1.807, 2.05) is 49.3 Å². The highest BCUT2D eigenvalue weighted by Crippen LogP contribution is 2.27. The minimum absolute atomic E-state index is 0.288. The summed E-state index contributed by atoms with van der Waals surface area (Å²) in [7, 11) is 3.92. The maximum absolute atomic E-state index is 11.9. The molecule has 4 nitrogen and oxygen atoms in total. The Kier molecular flexibility index (Phi) is 4.94. The summed E-state index contributed by atoms with van der Waals surface area (Å²) in [5.41, 5.74) is 3.05. The summed E-state index contributed by atoms with van der Waals surface area (Å²) in [5, 5.41) is -0.970. The summed E-state index contributed by atoms with van der Waals surface area (Å²) in [6.45, 7) is 0.772. The lowest BCUT2D eigenvalue weighted by molar-refractivity contribution is -0.108. The van der Waals surface area contributed by atoms with E-state index in [-0.39, 0.29) is 5.69 Å². The Morgan fingerprint density at radius 2 is 1.86 bits per heavy atom. The van der Waals surface area contributed by atoms with Crippen LogP contribution in [0.15, 0.2) is 36.5 Å². The number of Topliss-reactive ketones (excluding diaryl/α,β-unsaturated/α-hetero) is 1. The maximum atomic E-state index is 11.9. The van der Waals surface area contributed by atoms with Crippen molar-refractivity contribution >= 4 is 22.6 Å². The lowest BCUT2D eigenvalue weighted by Gasteiger charge is -2.11. The first-order valence-electron chi connectivity index (χ1n) is 6.65. The molecule has 0 aliphatic heterocycles. The smallest absolute Gasteiger partial charge is 0.294 e. The van der Waals surface area contributed by atoms with Gasteiger partial charge >= 0.3 is 0 Å². The van der Waals surface area contributed by atoms with E-state index in [2.05, 4.69) is 4.98 Å². The van der Waals surface area contributed by atoms with Crippen molar-refractivity contribution in [3.63, 3.8) is 0 Å². The molecule has 0 aliphatic carbocycles. The standard InChI is InChI=1S/C16H17ClN2O2/c1-19(2)9-8-12-13(11-6-4-3-5-7-11)10-18-14(12)15(20)16(17)21/h3-7,10,18H,8-9H2,1-2H3. The fourth-order valence-electron chi connectivity index (χ4n) is 2.22. The molecule has 0 saturated heterocycles. The number of hydrogen-bond acceptors (Lipinski definition) is 3. The van der Waals surface area contributed by atoms with Crippen molar-refractivity contribution in [1.82, 2.24) is 9.88 Å². The van der Waals surface area contributed by atoms with Crippen LogP contribution in [0, 0.1) is 0 Å². The number of hydrogen-bond donors (Lipinski definition) is 1. The highest BCUT2D eigenvalue weighted by Gasteiger charge is 2.22. The molecule has 1 N–H and O–H groups in total. The highest BCUT2D eigenvalue weighted by atomic mass is 35.5. The second kappa shape index (κ2) is 6.70. The lowest BCUT2D eigenvalue weighted by atomic mass is 9.99. The molecule has 1 aromatic heterocycles. The quantitative estimate of drug-likeness (QED) is 0.507. The molecule has 0 saturated carbocycles. The molecular weight excluding hydrogens is 288 g/mol. The third kappa shape index (κ3) is 3.60. The van der Waals surface area contributed by atoms with Crippen LogP contribution in [-0.4, -0.2) is 41.5 Å². The average Bonchev–Trinajstić information content (AvgIpc) is 2.88. The van der Waals surface area contributed by atoms with Crippen LogP contribution >= 0.6 is 11.6 Å². The molecule has 1 heterocycles. The van der Waals surface area contributed by atoms with E-state index in [9.17, 15) is 9.59 Å². The molecule has 0 unspecified atom stereocenters. The Balaban J connectivity index is 2.46. The number of carbonyl (C=O) groups excluding carboxylic acids is 2. The van der Waals surface area contributed by atoms with Crippen molar-refractivity contribution in [2.75, 3.05) is 20.6 Å². The first-order valence-corrected chi connectivity index (χ1v) is 7.03. The third-order valence-corrected chi connectivity index (χ3v) is 3.46. The number of ketones is 1. The predicted octanol–water partition coefficient (Wildman–Crippen LogP) is 2.73. The van der Waals surface area contributed by atoms with Gasteiger partial charge in [-0.3, -0.25) is 9.59 Å². The molecule has 2 aromatic rings. The van der Waals surface area contributed by atoms with Crippen LogP contribution in [-0.2, 0) is 11.2 Å². The van der Waals surface area contributed by atoms with Gasteiger partial charge in [-0.15, -0.1) is 0 Å². The molecular formula is C16H17ClN2O2. The number of likely N-dealkylation sites (N-methyl/N-ethyl adjacent to an activating group) is 1. The summed E-state index contributed by atoms with van der Waals surface area (Å²) < 4.78 is 0. The van der Waals surface area contributed by atoms with Gasteiger partial charge in [0.25, 0.3) is 11.0 Å². The first-order chi connectivity index (χ1) is 10.0. The van der Waals surface area contributed by atoms with Crippen molar-refractivity contribution in [3.8, 4) is 11.1 Å². The Bertz CT molecular complexity index is 648. The predicted molar refractivity (Wildman–Crippen MR) is 83.7 cm³/mol. The maximum Gasteiger partial charge on any atom is 0.294 e. The molecule has 0 amide bonds. The molecule has 2 rings (SSSR count). The van der Waals surface area contributed by atoms with E-state index in [1.165, 1.54) is 0 Å². The number of rotatable bonds is 6. The van der Waals surface area contributed by atoms with Gasteiger partial charge in [0, 0.05) is 18.3 Å². The van der Waals surface area contributed by atoms with Crippen molar-refractivity contribution < 1.29 is 9.59 Å².